The van der Waals surface area contributed by atoms with Gasteiger partial charge in [0.1, 0.15) is 23.7 Å². The molecule has 0 spiro atoms. The van der Waals surface area contributed by atoms with Crippen LogP contribution < -0.4 is 14.8 Å². The van der Waals surface area contributed by atoms with E-state index in [0.29, 0.717) is 30.0 Å². The Kier molecular flexibility index (Phi) is 7.73. The maximum atomic E-state index is 11.7. The number of amides is 1. The van der Waals surface area contributed by atoms with E-state index in [2.05, 4.69) is 17.2 Å². The number of carbonyl (C=O) groups is 2. The zero-order valence-corrected chi connectivity index (χ0v) is 15.7. The van der Waals surface area contributed by atoms with Gasteiger partial charge in [-0.15, -0.1) is 0 Å². The second kappa shape index (κ2) is 10.5. The molecule has 0 aliphatic carbocycles. The van der Waals surface area contributed by atoms with Crippen molar-refractivity contribution in [3.05, 3.63) is 59.2 Å². The Balaban J connectivity index is 1.90. The minimum atomic E-state index is -1.09. The standard InChI is InChI=1S/C21H21NO6/c1-26-18-12-16(20(23)24)13-19(27-2)17(18)10-6-7-11-22-21(25)28-14-15-8-4-3-5-9-15/h3-5,8-9,12-13H,7,11,14H2,1-2H3,(H,22,25)(H,23,24). The van der Waals surface area contributed by atoms with Crippen LogP contribution in [0.25, 0.3) is 0 Å². The van der Waals surface area contributed by atoms with Crippen molar-refractivity contribution in [3.63, 3.8) is 0 Å². The molecule has 0 radical (unpaired) electrons. The van der Waals surface area contributed by atoms with Gasteiger partial charge in [0.25, 0.3) is 0 Å². The predicted octanol–water partition coefficient (Wildman–Crippen LogP) is 3.07. The zero-order valence-electron chi connectivity index (χ0n) is 15.7. The molecule has 0 fully saturated rings. The average Bonchev–Trinajstić information content (AvgIpc) is 2.72. The quantitative estimate of drug-likeness (QED) is 0.564. The maximum absolute atomic E-state index is 11.7. The van der Waals surface area contributed by atoms with Crippen LogP contribution in [-0.2, 0) is 11.3 Å². The van der Waals surface area contributed by atoms with Crippen LogP contribution in [0.15, 0.2) is 42.5 Å². The fourth-order valence-electron chi connectivity index (χ4n) is 2.31. The van der Waals surface area contributed by atoms with Crippen LogP contribution in [-0.4, -0.2) is 37.9 Å². The zero-order chi connectivity index (χ0) is 20.4. The summed E-state index contributed by atoms with van der Waals surface area (Å²) in [5.41, 5.74) is 1.39. The van der Waals surface area contributed by atoms with E-state index < -0.39 is 12.1 Å². The number of hydrogen-bond donors (Lipinski definition) is 2. The van der Waals surface area contributed by atoms with Gasteiger partial charge in [-0.3, -0.25) is 0 Å². The molecule has 0 heterocycles. The van der Waals surface area contributed by atoms with Gasteiger partial charge < -0.3 is 24.6 Å². The van der Waals surface area contributed by atoms with E-state index in [0.717, 1.165) is 5.56 Å². The normalized spacial score (nSPS) is 9.64. The molecule has 2 N–H and O–H groups in total. The van der Waals surface area contributed by atoms with Crippen molar-refractivity contribution in [1.82, 2.24) is 5.32 Å². The van der Waals surface area contributed by atoms with Crippen LogP contribution in [0.4, 0.5) is 4.79 Å². The van der Waals surface area contributed by atoms with Gasteiger partial charge in [0.2, 0.25) is 0 Å². The smallest absolute Gasteiger partial charge is 0.407 e. The molecule has 146 valence electrons. The highest BCUT2D eigenvalue weighted by Crippen LogP contribution is 2.29. The van der Waals surface area contributed by atoms with Crippen LogP contribution in [0.5, 0.6) is 11.5 Å². The third-order valence-corrected chi connectivity index (χ3v) is 3.70. The molecule has 2 aromatic rings. The van der Waals surface area contributed by atoms with Crippen molar-refractivity contribution in [2.24, 2.45) is 0 Å². The second-order valence-corrected chi connectivity index (χ2v) is 5.60. The highest BCUT2D eigenvalue weighted by atomic mass is 16.5. The van der Waals surface area contributed by atoms with E-state index in [1.54, 1.807) is 0 Å². The lowest BCUT2D eigenvalue weighted by atomic mass is 10.1. The average molecular weight is 383 g/mol. The van der Waals surface area contributed by atoms with Crippen molar-refractivity contribution < 1.29 is 28.9 Å². The molecule has 1 amide bonds. The highest BCUT2D eigenvalue weighted by Gasteiger charge is 2.14. The van der Waals surface area contributed by atoms with Gasteiger partial charge in [0.15, 0.2) is 0 Å². The SMILES string of the molecule is COc1cc(C(=O)O)cc(OC)c1C#CCCNC(=O)OCc1ccccc1. The van der Waals surface area contributed by atoms with Crippen molar-refractivity contribution in [2.45, 2.75) is 13.0 Å². The fourth-order valence-corrected chi connectivity index (χ4v) is 2.31. The maximum Gasteiger partial charge on any atom is 0.407 e. The van der Waals surface area contributed by atoms with Crippen LogP contribution in [0.2, 0.25) is 0 Å². The van der Waals surface area contributed by atoms with Crippen molar-refractivity contribution in [1.29, 1.82) is 0 Å². The number of nitrogens with one attached hydrogen (secondary N) is 1. The van der Waals surface area contributed by atoms with E-state index >= 15 is 0 Å². The summed E-state index contributed by atoms with van der Waals surface area (Å²) in [4.78, 5) is 22.8. The lowest BCUT2D eigenvalue weighted by molar-refractivity contribution is 0.0696. The number of carboxylic acid groups (broad SMARTS) is 1. The topological polar surface area (TPSA) is 94.1 Å². The summed E-state index contributed by atoms with van der Waals surface area (Å²) in [7, 11) is 2.85. The summed E-state index contributed by atoms with van der Waals surface area (Å²) in [6.45, 7) is 0.501. The highest BCUT2D eigenvalue weighted by molar-refractivity contribution is 5.89. The molecule has 0 saturated heterocycles. The van der Waals surface area contributed by atoms with E-state index in [-0.39, 0.29) is 12.2 Å². The molecular formula is C21H21NO6. The van der Waals surface area contributed by atoms with E-state index in [9.17, 15) is 9.59 Å². The first-order valence-electron chi connectivity index (χ1n) is 8.48. The first-order valence-corrected chi connectivity index (χ1v) is 8.48. The molecule has 0 atom stereocenters. The van der Waals surface area contributed by atoms with Gasteiger partial charge in [0.05, 0.1) is 19.8 Å². The molecule has 0 aromatic heterocycles. The monoisotopic (exact) mass is 383 g/mol. The number of carbonyl (C=O) groups excluding carboxylic acids is 1. The van der Waals surface area contributed by atoms with Gasteiger partial charge in [-0.2, -0.15) is 0 Å². The van der Waals surface area contributed by atoms with Crippen LogP contribution >= 0.6 is 0 Å². The fraction of sp³-hybridized carbons (Fsp3) is 0.238. The second-order valence-electron chi connectivity index (χ2n) is 5.60. The first kappa shape index (κ1) is 20.6. The third kappa shape index (κ3) is 5.95. The first-order chi connectivity index (χ1) is 13.5. The Morgan fingerprint density at radius 3 is 2.29 bits per heavy atom. The molecule has 0 aliphatic heterocycles. The number of ether oxygens (including phenoxy) is 3. The van der Waals surface area contributed by atoms with Crippen LogP contribution in [0.1, 0.15) is 27.9 Å². The molecule has 0 aliphatic rings. The Hall–Kier alpha value is -3.66. The molecular weight excluding hydrogens is 362 g/mol. The molecule has 0 bridgehead atoms. The predicted molar refractivity (Wildman–Crippen MR) is 103 cm³/mol. The summed E-state index contributed by atoms with van der Waals surface area (Å²) in [6, 6.07) is 12.1. The number of benzene rings is 2. The third-order valence-electron chi connectivity index (χ3n) is 3.70. The summed E-state index contributed by atoms with van der Waals surface area (Å²) in [6.07, 6.45) is -0.153. The van der Waals surface area contributed by atoms with Gasteiger partial charge in [-0.05, 0) is 17.7 Å². The van der Waals surface area contributed by atoms with Crippen molar-refractivity contribution in [3.8, 4) is 23.3 Å². The molecule has 0 unspecified atom stereocenters. The van der Waals surface area contributed by atoms with E-state index in [4.69, 9.17) is 19.3 Å². The summed E-state index contributed by atoms with van der Waals surface area (Å²) < 4.78 is 15.5. The lowest BCUT2D eigenvalue weighted by Gasteiger charge is -2.10. The molecule has 2 rings (SSSR count). The number of alkyl carbamates (subject to hydrolysis) is 1. The molecule has 2 aromatic carbocycles. The minimum absolute atomic E-state index is 0.0436. The number of rotatable bonds is 7. The molecule has 0 saturated carbocycles. The van der Waals surface area contributed by atoms with Gasteiger partial charge in [-0.25, -0.2) is 9.59 Å². The summed E-state index contributed by atoms with van der Waals surface area (Å²) >= 11 is 0. The van der Waals surface area contributed by atoms with Gasteiger partial charge >= 0.3 is 12.1 Å². The number of aromatic carboxylic acids is 1. The minimum Gasteiger partial charge on any atom is -0.495 e. The van der Waals surface area contributed by atoms with E-state index in [1.807, 2.05) is 30.3 Å². The van der Waals surface area contributed by atoms with Gasteiger partial charge in [-0.1, -0.05) is 42.2 Å². The summed E-state index contributed by atoms with van der Waals surface area (Å²) in [5.74, 6) is 5.32. The lowest BCUT2D eigenvalue weighted by Crippen LogP contribution is -2.24. The van der Waals surface area contributed by atoms with Crippen molar-refractivity contribution >= 4 is 12.1 Å². The number of hydrogen-bond acceptors (Lipinski definition) is 5. The van der Waals surface area contributed by atoms with Crippen LogP contribution in [0, 0.1) is 11.8 Å². The number of carboxylic acids is 1. The van der Waals surface area contributed by atoms with Crippen LogP contribution in [0.3, 0.4) is 0 Å². The Morgan fingerprint density at radius 2 is 1.71 bits per heavy atom. The summed E-state index contributed by atoms with van der Waals surface area (Å²) in [5, 5.41) is 11.7. The number of methoxy groups -OCH3 is 2. The Labute approximate surface area is 163 Å². The molecule has 7 heteroatoms. The van der Waals surface area contributed by atoms with E-state index in [1.165, 1.54) is 26.4 Å². The Bertz CT molecular complexity index is 858. The Morgan fingerprint density at radius 1 is 1.07 bits per heavy atom. The molecule has 28 heavy (non-hydrogen) atoms. The van der Waals surface area contributed by atoms with Crippen molar-refractivity contribution in [2.75, 3.05) is 20.8 Å². The largest absolute Gasteiger partial charge is 0.495 e. The molecule has 7 nitrogen and oxygen atoms in total. The van der Waals surface area contributed by atoms with Gasteiger partial charge in [0, 0.05) is 13.0 Å².